The number of halogens is 1. The van der Waals surface area contributed by atoms with E-state index in [1.807, 2.05) is 13.1 Å². The normalized spacial score (nSPS) is 11.7. The second-order valence-electron chi connectivity index (χ2n) is 6.80. The molecule has 28 heavy (non-hydrogen) atoms. The number of rotatable bonds is 8. The summed E-state index contributed by atoms with van der Waals surface area (Å²) in [5.41, 5.74) is 2.80. The quantitative estimate of drug-likeness (QED) is 0.498. The first-order chi connectivity index (χ1) is 13.6. The summed E-state index contributed by atoms with van der Waals surface area (Å²) in [6, 6.07) is 9.94. The van der Waals surface area contributed by atoms with Crippen LogP contribution in [0.2, 0.25) is 0 Å². The molecule has 0 aliphatic carbocycles. The molecule has 2 aromatic heterocycles. The zero-order valence-corrected chi connectivity index (χ0v) is 15.5. The van der Waals surface area contributed by atoms with Crippen LogP contribution in [-0.4, -0.2) is 36.6 Å². The number of hydrogen-bond acceptors (Lipinski definition) is 5. The third kappa shape index (κ3) is 3.94. The molecule has 0 aliphatic heterocycles. The highest BCUT2D eigenvalue weighted by atomic mass is 19.1. The summed E-state index contributed by atoms with van der Waals surface area (Å²) in [5.74, 6) is -0.191. The second-order valence-corrected chi connectivity index (χ2v) is 6.80. The number of para-hydroxylation sites is 1. The van der Waals surface area contributed by atoms with Crippen molar-refractivity contribution >= 4 is 22.1 Å². The number of aryl methyl sites for hydroxylation is 1. The van der Waals surface area contributed by atoms with Crippen molar-refractivity contribution in [3.8, 4) is 5.75 Å². The Balaban J connectivity index is 1.26. The minimum atomic E-state index is -0.491. The Hall–Kier alpha value is -3.06. The van der Waals surface area contributed by atoms with Gasteiger partial charge in [0.05, 0.1) is 11.8 Å². The lowest BCUT2D eigenvalue weighted by Crippen LogP contribution is -2.25. The van der Waals surface area contributed by atoms with Crippen molar-refractivity contribution in [3.63, 3.8) is 0 Å². The SMILES string of the molecule is CN(CCCc1coc2ccc(F)cc12)CCOc1cccc2[nH]c(=O)oc12. The standard InChI is InChI=1S/C21H21FN2O4/c1-24(9-3-4-14-13-27-18-8-7-15(22)12-16(14)18)10-11-26-19-6-2-5-17-20(19)28-21(25)23-17/h2,5-8,12-13H,3-4,9-11H2,1H3,(H,23,25). The van der Waals surface area contributed by atoms with Gasteiger partial charge in [-0.3, -0.25) is 4.98 Å². The van der Waals surface area contributed by atoms with Gasteiger partial charge < -0.3 is 18.5 Å². The maximum absolute atomic E-state index is 13.4. The maximum Gasteiger partial charge on any atom is 0.417 e. The topological polar surface area (TPSA) is 71.6 Å². The van der Waals surface area contributed by atoms with E-state index in [0.717, 1.165) is 36.9 Å². The third-order valence-corrected chi connectivity index (χ3v) is 4.74. The number of ether oxygens (including phenoxy) is 1. The van der Waals surface area contributed by atoms with Gasteiger partial charge in [-0.25, -0.2) is 9.18 Å². The van der Waals surface area contributed by atoms with E-state index in [9.17, 15) is 9.18 Å². The number of aromatic amines is 1. The van der Waals surface area contributed by atoms with Crippen LogP contribution >= 0.6 is 0 Å². The number of oxazole rings is 1. The van der Waals surface area contributed by atoms with Gasteiger partial charge in [0.15, 0.2) is 11.3 Å². The van der Waals surface area contributed by atoms with Crippen molar-refractivity contribution in [2.75, 3.05) is 26.7 Å². The number of aromatic nitrogens is 1. The van der Waals surface area contributed by atoms with E-state index in [4.69, 9.17) is 13.6 Å². The highest BCUT2D eigenvalue weighted by Gasteiger charge is 2.09. The van der Waals surface area contributed by atoms with Gasteiger partial charge in [-0.15, -0.1) is 0 Å². The molecule has 6 nitrogen and oxygen atoms in total. The van der Waals surface area contributed by atoms with Gasteiger partial charge in [0.2, 0.25) is 0 Å². The molecule has 146 valence electrons. The van der Waals surface area contributed by atoms with Crippen LogP contribution < -0.4 is 10.5 Å². The monoisotopic (exact) mass is 384 g/mol. The summed E-state index contributed by atoms with van der Waals surface area (Å²) < 4.78 is 29.8. The van der Waals surface area contributed by atoms with Gasteiger partial charge in [-0.1, -0.05) is 6.07 Å². The number of benzene rings is 2. The lowest BCUT2D eigenvalue weighted by atomic mass is 10.1. The summed E-state index contributed by atoms with van der Waals surface area (Å²) in [4.78, 5) is 16.1. The molecule has 0 fully saturated rings. The number of fused-ring (bicyclic) bond motifs is 2. The van der Waals surface area contributed by atoms with Gasteiger partial charge in [0, 0.05) is 11.9 Å². The van der Waals surface area contributed by atoms with Crippen LogP contribution in [0.25, 0.3) is 22.1 Å². The van der Waals surface area contributed by atoms with Crippen molar-refractivity contribution in [2.24, 2.45) is 0 Å². The van der Waals surface area contributed by atoms with Crippen molar-refractivity contribution < 1.29 is 18.0 Å². The number of H-pyrrole nitrogens is 1. The lowest BCUT2D eigenvalue weighted by molar-refractivity contribution is 0.236. The third-order valence-electron chi connectivity index (χ3n) is 4.74. The minimum absolute atomic E-state index is 0.252. The molecule has 0 atom stereocenters. The molecule has 7 heteroatoms. The number of nitrogens with one attached hydrogen (secondary N) is 1. The predicted molar refractivity (Wildman–Crippen MR) is 104 cm³/mol. The van der Waals surface area contributed by atoms with Crippen LogP contribution in [0.1, 0.15) is 12.0 Å². The van der Waals surface area contributed by atoms with Crippen molar-refractivity contribution in [1.82, 2.24) is 9.88 Å². The lowest BCUT2D eigenvalue weighted by Gasteiger charge is -2.16. The summed E-state index contributed by atoms with van der Waals surface area (Å²) in [6.07, 6.45) is 3.44. The summed E-state index contributed by atoms with van der Waals surface area (Å²) >= 11 is 0. The molecule has 0 aliphatic rings. The summed E-state index contributed by atoms with van der Waals surface area (Å²) in [5, 5.41) is 0.840. The predicted octanol–water partition coefficient (Wildman–Crippen LogP) is 3.95. The average molecular weight is 384 g/mol. The Labute approximate surface area is 160 Å². The Bertz CT molecular complexity index is 1140. The molecule has 0 unspecified atom stereocenters. The van der Waals surface area contributed by atoms with E-state index in [2.05, 4.69) is 9.88 Å². The molecule has 0 bridgehead atoms. The number of likely N-dealkylation sites (N-methyl/N-ethyl adjacent to an activating group) is 1. The van der Waals surface area contributed by atoms with Crippen LogP contribution in [0.5, 0.6) is 5.75 Å². The fourth-order valence-electron chi connectivity index (χ4n) is 3.27. The van der Waals surface area contributed by atoms with Gasteiger partial charge in [0.25, 0.3) is 0 Å². The van der Waals surface area contributed by atoms with Crippen molar-refractivity contribution in [3.05, 3.63) is 64.6 Å². The molecule has 0 saturated carbocycles. The largest absolute Gasteiger partial charge is 0.488 e. The molecule has 0 amide bonds. The van der Waals surface area contributed by atoms with E-state index in [1.165, 1.54) is 12.1 Å². The highest BCUT2D eigenvalue weighted by Crippen LogP contribution is 2.24. The minimum Gasteiger partial charge on any atom is -0.488 e. The van der Waals surface area contributed by atoms with Crippen LogP contribution in [-0.2, 0) is 6.42 Å². The van der Waals surface area contributed by atoms with E-state index < -0.39 is 5.76 Å². The second kappa shape index (κ2) is 7.90. The van der Waals surface area contributed by atoms with Gasteiger partial charge in [0.1, 0.15) is 18.0 Å². The number of nitrogens with zero attached hydrogens (tertiary/aromatic N) is 1. The molecular weight excluding hydrogens is 363 g/mol. The molecule has 4 aromatic rings. The molecule has 1 N–H and O–H groups in total. The van der Waals surface area contributed by atoms with Crippen LogP contribution in [0.4, 0.5) is 4.39 Å². The number of furan rings is 1. The van der Waals surface area contributed by atoms with E-state index in [0.29, 0.717) is 29.0 Å². The first kappa shape index (κ1) is 18.3. The smallest absolute Gasteiger partial charge is 0.417 e. The fourth-order valence-corrected chi connectivity index (χ4v) is 3.27. The summed E-state index contributed by atoms with van der Waals surface area (Å²) in [6.45, 7) is 2.07. The molecule has 0 radical (unpaired) electrons. The van der Waals surface area contributed by atoms with Gasteiger partial charge in [-0.05, 0) is 62.3 Å². The zero-order chi connectivity index (χ0) is 19.5. The molecule has 4 rings (SSSR count). The van der Waals surface area contributed by atoms with Crippen molar-refractivity contribution in [2.45, 2.75) is 12.8 Å². The van der Waals surface area contributed by atoms with Gasteiger partial charge >= 0.3 is 5.76 Å². The van der Waals surface area contributed by atoms with Crippen molar-refractivity contribution in [1.29, 1.82) is 0 Å². The zero-order valence-electron chi connectivity index (χ0n) is 15.5. The Morgan fingerprint density at radius 3 is 3.00 bits per heavy atom. The maximum atomic E-state index is 13.4. The first-order valence-corrected chi connectivity index (χ1v) is 9.19. The Kier molecular flexibility index (Phi) is 5.16. The molecule has 0 saturated heterocycles. The fraction of sp³-hybridized carbons (Fsp3) is 0.286. The molecule has 2 heterocycles. The Morgan fingerprint density at radius 1 is 1.21 bits per heavy atom. The summed E-state index contributed by atoms with van der Waals surface area (Å²) in [7, 11) is 2.02. The van der Waals surface area contributed by atoms with Gasteiger partial charge in [-0.2, -0.15) is 0 Å². The highest BCUT2D eigenvalue weighted by molar-refractivity contribution is 5.81. The van der Waals surface area contributed by atoms with Crippen LogP contribution in [0, 0.1) is 5.82 Å². The van der Waals surface area contributed by atoms with E-state index in [-0.39, 0.29) is 5.82 Å². The molecule has 2 aromatic carbocycles. The first-order valence-electron chi connectivity index (χ1n) is 9.19. The van der Waals surface area contributed by atoms with Crippen LogP contribution in [0.3, 0.4) is 0 Å². The van der Waals surface area contributed by atoms with E-state index in [1.54, 1.807) is 24.5 Å². The number of hydrogen-bond donors (Lipinski definition) is 1. The Morgan fingerprint density at radius 2 is 2.11 bits per heavy atom. The van der Waals surface area contributed by atoms with Crippen LogP contribution in [0.15, 0.2) is 56.3 Å². The van der Waals surface area contributed by atoms with E-state index >= 15 is 0 Å². The average Bonchev–Trinajstić information content (AvgIpc) is 3.24. The molecule has 0 spiro atoms. The molecular formula is C21H21FN2O4.